The second-order valence-corrected chi connectivity index (χ2v) is 10.2. The van der Waals surface area contributed by atoms with Gasteiger partial charge in [0.2, 0.25) is 5.91 Å². The van der Waals surface area contributed by atoms with E-state index >= 15 is 0 Å². The molecular weight excluding hydrogens is 450 g/mol. The number of likely N-dealkylation sites (tertiary alicyclic amines) is 2. The van der Waals surface area contributed by atoms with Crippen LogP contribution in [0.5, 0.6) is 0 Å². The van der Waals surface area contributed by atoms with E-state index < -0.39 is 0 Å². The predicted molar refractivity (Wildman–Crippen MR) is 130 cm³/mol. The lowest BCUT2D eigenvalue weighted by Gasteiger charge is -2.57. The van der Waals surface area contributed by atoms with Crippen molar-refractivity contribution in [2.45, 2.75) is 25.4 Å². The van der Waals surface area contributed by atoms with Crippen LogP contribution in [0.4, 0.5) is 0 Å². The quantitative estimate of drug-likeness (QED) is 0.562. The second-order valence-electron chi connectivity index (χ2n) is 9.79. The maximum absolute atomic E-state index is 13.3. The first-order chi connectivity index (χ1) is 16.6. The van der Waals surface area contributed by atoms with E-state index in [1.165, 1.54) is 0 Å². The minimum absolute atomic E-state index is 0.147. The zero-order valence-electron chi connectivity index (χ0n) is 19.1. The fourth-order valence-corrected chi connectivity index (χ4v) is 5.56. The van der Waals surface area contributed by atoms with Gasteiger partial charge in [-0.2, -0.15) is 0 Å². The molecule has 1 spiro atoms. The second kappa shape index (κ2) is 8.80. The van der Waals surface area contributed by atoms with Gasteiger partial charge >= 0.3 is 0 Å². The smallest absolute Gasteiger partial charge is 0.242 e. The van der Waals surface area contributed by atoms with Crippen LogP contribution in [0.25, 0.3) is 22.5 Å². The molecule has 5 heterocycles. The highest BCUT2D eigenvalue weighted by molar-refractivity contribution is 6.30. The van der Waals surface area contributed by atoms with Crippen LogP contribution in [-0.2, 0) is 16.1 Å². The van der Waals surface area contributed by atoms with E-state index in [4.69, 9.17) is 16.3 Å². The van der Waals surface area contributed by atoms with Crippen LogP contribution in [0.3, 0.4) is 0 Å². The Labute approximate surface area is 204 Å². The maximum atomic E-state index is 13.3. The monoisotopic (exact) mass is 477 g/mol. The topological polar surface area (TPSA) is 63.5 Å². The highest BCUT2D eigenvalue weighted by Crippen LogP contribution is 2.42. The van der Waals surface area contributed by atoms with Crippen molar-refractivity contribution in [1.29, 1.82) is 0 Å². The highest BCUT2D eigenvalue weighted by atomic mass is 35.5. The van der Waals surface area contributed by atoms with Gasteiger partial charge in [0.25, 0.3) is 0 Å². The van der Waals surface area contributed by atoms with E-state index in [1.54, 1.807) is 18.7 Å². The summed E-state index contributed by atoms with van der Waals surface area (Å²) < 4.78 is 7.30. The third-order valence-corrected chi connectivity index (χ3v) is 7.86. The predicted octanol–water partition coefficient (Wildman–Crippen LogP) is 3.59. The number of ether oxygens (including phenoxy) is 1. The number of hydrogen-bond acceptors (Lipinski definition) is 5. The normalized spacial score (nSPS) is 20.2. The number of amides is 1. The van der Waals surface area contributed by atoms with Gasteiger partial charge in [0, 0.05) is 54.7 Å². The molecule has 6 rings (SSSR count). The van der Waals surface area contributed by atoms with Gasteiger partial charge in [-0.05, 0) is 42.5 Å². The van der Waals surface area contributed by atoms with E-state index in [0.717, 1.165) is 74.7 Å². The van der Waals surface area contributed by atoms with Crippen LogP contribution in [0, 0.1) is 5.41 Å². The number of hydrogen-bond donors (Lipinski definition) is 0. The van der Waals surface area contributed by atoms with Crippen molar-refractivity contribution in [1.82, 2.24) is 24.3 Å². The Morgan fingerprint density at radius 3 is 2.38 bits per heavy atom. The minimum atomic E-state index is 0.147. The average Bonchev–Trinajstić information content (AvgIpc) is 3.22. The number of carbonyl (C=O) groups excluding carboxylic acids is 1. The number of imidazole rings is 1. The average molecular weight is 478 g/mol. The fraction of sp³-hybridized carbons (Fsp3) is 0.423. The SMILES string of the molecule is O=C(Cn1cnc(-c2ccc(Cl)cc2)c1-c1ccncc1)N1CCC2(CC1)CN(C1COC1)C2. The molecule has 0 bridgehead atoms. The van der Waals surface area contributed by atoms with Crippen LogP contribution in [-0.4, -0.2) is 75.7 Å². The lowest BCUT2D eigenvalue weighted by molar-refractivity contribution is -0.152. The molecule has 0 unspecified atom stereocenters. The molecule has 3 aromatic rings. The number of aromatic nitrogens is 3. The van der Waals surface area contributed by atoms with Gasteiger partial charge in [-0.1, -0.05) is 23.7 Å². The van der Waals surface area contributed by atoms with E-state index in [0.29, 0.717) is 16.5 Å². The summed E-state index contributed by atoms with van der Waals surface area (Å²) in [5.41, 5.74) is 4.10. The maximum Gasteiger partial charge on any atom is 0.242 e. The summed E-state index contributed by atoms with van der Waals surface area (Å²) in [6.45, 7) is 6.00. The van der Waals surface area contributed by atoms with E-state index in [2.05, 4.69) is 14.9 Å². The molecule has 176 valence electrons. The molecular formula is C26H28ClN5O2. The number of benzene rings is 1. The van der Waals surface area contributed by atoms with Crippen molar-refractivity contribution in [3.05, 3.63) is 60.1 Å². The summed E-state index contributed by atoms with van der Waals surface area (Å²) in [4.78, 5) is 26.7. The molecule has 3 aliphatic heterocycles. The summed E-state index contributed by atoms with van der Waals surface area (Å²) >= 11 is 6.09. The fourth-order valence-electron chi connectivity index (χ4n) is 5.43. The molecule has 0 aliphatic carbocycles. The zero-order valence-corrected chi connectivity index (χ0v) is 19.8. The number of rotatable bonds is 5. The molecule has 3 fully saturated rings. The molecule has 7 nitrogen and oxygen atoms in total. The van der Waals surface area contributed by atoms with Crippen molar-refractivity contribution < 1.29 is 9.53 Å². The van der Waals surface area contributed by atoms with Crippen LogP contribution in [0.1, 0.15) is 12.8 Å². The first kappa shape index (κ1) is 21.8. The van der Waals surface area contributed by atoms with Crippen LogP contribution in [0.15, 0.2) is 55.1 Å². The molecule has 0 saturated carbocycles. The number of nitrogens with zero attached hydrogens (tertiary/aromatic N) is 5. The van der Waals surface area contributed by atoms with Gasteiger partial charge in [0.05, 0.1) is 37.0 Å². The van der Waals surface area contributed by atoms with Gasteiger partial charge in [0.15, 0.2) is 0 Å². The first-order valence-corrected chi connectivity index (χ1v) is 12.3. The van der Waals surface area contributed by atoms with Crippen molar-refractivity contribution >= 4 is 17.5 Å². The lowest BCUT2D eigenvalue weighted by atomic mass is 9.71. The van der Waals surface area contributed by atoms with Gasteiger partial charge in [0.1, 0.15) is 6.54 Å². The summed E-state index contributed by atoms with van der Waals surface area (Å²) in [6.07, 6.45) is 7.47. The summed E-state index contributed by atoms with van der Waals surface area (Å²) in [7, 11) is 0. The lowest BCUT2D eigenvalue weighted by Crippen LogP contribution is -2.66. The summed E-state index contributed by atoms with van der Waals surface area (Å²) in [6, 6.07) is 12.2. The summed E-state index contributed by atoms with van der Waals surface area (Å²) in [5, 5.41) is 0.683. The van der Waals surface area contributed by atoms with E-state index in [1.807, 2.05) is 45.9 Å². The Kier molecular flexibility index (Phi) is 5.63. The Bertz CT molecular complexity index is 1160. The van der Waals surface area contributed by atoms with Gasteiger partial charge in [-0.15, -0.1) is 0 Å². The third kappa shape index (κ3) is 4.02. The molecule has 0 radical (unpaired) electrons. The standard InChI is InChI=1S/C26H28ClN5O2/c27-21-3-1-19(2-4-21)24-25(20-5-9-28-10-6-20)31(18-29-24)13-23(33)30-11-7-26(8-12-30)16-32(17-26)22-14-34-15-22/h1-6,9-10,18,22H,7-8,11-17H2. The van der Waals surface area contributed by atoms with Crippen molar-refractivity contribution in [3.63, 3.8) is 0 Å². The molecule has 34 heavy (non-hydrogen) atoms. The molecule has 1 aromatic carbocycles. The number of halogens is 1. The van der Waals surface area contributed by atoms with E-state index in [9.17, 15) is 4.79 Å². The zero-order chi connectivity index (χ0) is 23.1. The van der Waals surface area contributed by atoms with E-state index in [-0.39, 0.29) is 12.5 Å². The Hall–Kier alpha value is -2.74. The van der Waals surface area contributed by atoms with Crippen LogP contribution >= 0.6 is 11.6 Å². The van der Waals surface area contributed by atoms with Gasteiger partial charge in [-0.3, -0.25) is 14.7 Å². The molecule has 3 saturated heterocycles. The Morgan fingerprint density at radius 2 is 1.74 bits per heavy atom. The molecule has 3 aliphatic rings. The molecule has 0 N–H and O–H groups in total. The van der Waals surface area contributed by atoms with Crippen molar-refractivity contribution in [2.24, 2.45) is 5.41 Å². The minimum Gasteiger partial charge on any atom is -0.378 e. The van der Waals surface area contributed by atoms with Crippen molar-refractivity contribution in [2.75, 3.05) is 39.4 Å². The summed E-state index contributed by atoms with van der Waals surface area (Å²) in [5.74, 6) is 0.147. The van der Waals surface area contributed by atoms with Gasteiger partial charge < -0.3 is 14.2 Å². The Balaban J connectivity index is 1.17. The highest BCUT2D eigenvalue weighted by Gasteiger charge is 2.48. The number of piperidine rings is 1. The van der Waals surface area contributed by atoms with Crippen LogP contribution < -0.4 is 0 Å². The first-order valence-electron chi connectivity index (χ1n) is 11.9. The molecule has 8 heteroatoms. The molecule has 1 amide bonds. The van der Waals surface area contributed by atoms with Crippen molar-refractivity contribution in [3.8, 4) is 22.5 Å². The largest absolute Gasteiger partial charge is 0.378 e. The molecule has 0 atom stereocenters. The van der Waals surface area contributed by atoms with Gasteiger partial charge in [-0.25, -0.2) is 4.98 Å². The number of pyridine rings is 1. The number of carbonyl (C=O) groups is 1. The Morgan fingerprint density at radius 1 is 1.03 bits per heavy atom. The van der Waals surface area contributed by atoms with Crippen LogP contribution in [0.2, 0.25) is 5.02 Å². The molecule has 2 aromatic heterocycles. The third-order valence-electron chi connectivity index (χ3n) is 7.61.